The summed E-state index contributed by atoms with van der Waals surface area (Å²) >= 11 is 0. The SMILES string of the molecule is CC#CC(=O)OCC#CCOCCOCCOCC#CCOC. The molecule has 0 aliphatic rings. The molecule has 0 spiro atoms. The van der Waals surface area contributed by atoms with Crippen LogP contribution >= 0.6 is 0 Å². The fourth-order valence-corrected chi connectivity index (χ4v) is 1.10. The second-order valence-corrected chi connectivity index (χ2v) is 3.81. The molecule has 0 fully saturated rings. The van der Waals surface area contributed by atoms with Gasteiger partial charge in [-0.15, -0.1) is 0 Å². The molecule has 6 nitrogen and oxygen atoms in total. The minimum atomic E-state index is -0.581. The molecule has 0 atom stereocenters. The van der Waals surface area contributed by atoms with Crippen molar-refractivity contribution < 1.29 is 28.5 Å². The average molecular weight is 322 g/mol. The van der Waals surface area contributed by atoms with E-state index in [2.05, 4.69) is 35.5 Å². The Morgan fingerprint density at radius 1 is 0.783 bits per heavy atom. The van der Waals surface area contributed by atoms with Gasteiger partial charge < -0.3 is 23.7 Å². The molecule has 0 unspecified atom stereocenters. The van der Waals surface area contributed by atoms with Crippen LogP contribution < -0.4 is 0 Å². The molecule has 0 saturated carbocycles. The highest BCUT2D eigenvalue weighted by Crippen LogP contribution is 1.81. The van der Waals surface area contributed by atoms with Crippen molar-refractivity contribution in [2.24, 2.45) is 0 Å². The monoisotopic (exact) mass is 322 g/mol. The molecule has 0 rings (SSSR count). The van der Waals surface area contributed by atoms with Gasteiger partial charge in [0.05, 0.1) is 26.4 Å². The molecule has 0 aromatic heterocycles. The van der Waals surface area contributed by atoms with Gasteiger partial charge in [0.25, 0.3) is 0 Å². The van der Waals surface area contributed by atoms with Crippen molar-refractivity contribution in [3.63, 3.8) is 0 Å². The summed E-state index contributed by atoms with van der Waals surface area (Å²) in [5.74, 6) is 15.1. The van der Waals surface area contributed by atoms with Gasteiger partial charge >= 0.3 is 5.97 Å². The Kier molecular flexibility index (Phi) is 16.5. The lowest BCUT2D eigenvalue weighted by atomic mass is 10.6. The molecule has 126 valence electrons. The van der Waals surface area contributed by atoms with Crippen LogP contribution in [0.5, 0.6) is 0 Å². The van der Waals surface area contributed by atoms with Crippen molar-refractivity contribution in [1.29, 1.82) is 0 Å². The lowest BCUT2D eigenvalue weighted by Crippen LogP contribution is -2.09. The zero-order valence-electron chi connectivity index (χ0n) is 13.6. The highest BCUT2D eigenvalue weighted by atomic mass is 16.5. The van der Waals surface area contributed by atoms with E-state index in [0.29, 0.717) is 39.6 Å². The lowest BCUT2D eigenvalue weighted by molar-refractivity contribution is -0.135. The predicted octanol–water partition coefficient (Wildman–Crippen LogP) is 0.256. The van der Waals surface area contributed by atoms with Gasteiger partial charge in [0.15, 0.2) is 6.61 Å². The first kappa shape index (κ1) is 21.0. The summed E-state index contributed by atoms with van der Waals surface area (Å²) in [4.78, 5) is 10.9. The summed E-state index contributed by atoms with van der Waals surface area (Å²) in [6.45, 7) is 4.46. The maximum absolute atomic E-state index is 10.9. The predicted molar refractivity (Wildman–Crippen MR) is 84.3 cm³/mol. The second kappa shape index (κ2) is 18.0. The van der Waals surface area contributed by atoms with E-state index in [1.54, 1.807) is 14.0 Å². The number of methoxy groups -OCH3 is 1. The first-order chi connectivity index (χ1) is 11.3. The summed E-state index contributed by atoms with van der Waals surface area (Å²) < 4.78 is 25.2. The van der Waals surface area contributed by atoms with Gasteiger partial charge in [-0.3, -0.25) is 0 Å². The maximum Gasteiger partial charge on any atom is 0.385 e. The average Bonchev–Trinajstić information content (AvgIpc) is 2.54. The molecule has 0 N–H and O–H groups in total. The molecule has 0 aromatic rings. The van der Waals surface area contributed by atoms with Crippen LogP contribution in [-0.2, 0) is 28.5 Å². The van der Waals surface area contributed by atoms with Crippen LogP contribution in [0.2, 0.25) is 0 Å². The van der Waals surface area contributed by atoms with E-state index in [1.165, 1.54) is 0 Å². The third kappa shape index (κ3) is 17.9. The van der Waals surface area contributed by atoms with E-state index < -0.39 is 5.97 Å². The molecular formula is C17H22O6. The smallest absolute Gasteiger partial charge is 0.385 e. The number of hydrogen-bond acceptors (Lipinski definition) is 6. The third-order valence-electron chi connectivity index (χ3n) is 2.06. The minimum absolute atomic E-state index is 0.0119. The van der Waals surface area contributed by atoms with Gasteiger partial charge in [0.1, 0.15) is 19.8 Å². The molecule has 23 heavy (non-hydrogen) atoms. The van der Waals surface area contributed by atoms with Crippen LogP contribution in [0.4, 0.5) is 0 Å². The Hall–Kier alpha value is -2.01. The van der Waals surface area contributed by atoms with Crippen LogP contribution in [0.15, 0.2) is 0 Å². The Labute approximate surface area is 137 Å². The Bertz CT molecular complexity index is 480. The van der Waals surface area contributed by atoms with Crippen molar-refractivity contribution in [2.45, 2.75) is 6.92 Å². The highest BCUT2D eigenvalue weighted by Gasteiger charge is 1.92. The van der Waals surface area contributed by atoms with Gasteiger partial charge in [-0.2, -0.15) is 0 Å². The van der Waals surface area contributed by atoms with Gasteiger partial charge in [-0.05, 0) is 6.92 Å². The van der Waals surface area contributed by atoms with Gasteiger partial charge in [0, 0.05) is 13.0 Å². The Balaban J connectivity index is 3.26. The molecular weight excluding hydrogens is 300 g/mol. The normalized spacial score (nSPS) is 8.78. The zero-order valence-corrected chi connectivity index (χ0v) is 13.6. The van der Waals surface area contributed by atoms with Crippen molar-refractivity contribution in [1.82, 2.24) is 0 Å². The highest BCUT2D eigenvalue weighted by molar-refractivity contribution is 5.88. The van der Waals surface area contributed by atoms with Gasteiger partial charge in [-0.1, -0.05) is 29.6 Å². The molecule has 0 aliphatic heterocycles. The van der Waals surface area contributed by atoms with Crippen molar-refractivity contribution in [3.8, 4) is 35.5 Å². The molecule has 0 saturated heterocycles. The molecule has 0 aromatic carbocycles. The first-order valence-electron chi connectivity index (χ1n) is 7.04. The van der Waals surface area contributed by atoms with Crippen LogP contribution in [0, 0.1) is 35.5 Å². The van der Waals surface area contributed by atoms with E-state index in [-0.39, 0.29) is 13.2 Å². The zero-order chi connectivity index (χ0) is 17.0. The number of carbonyl (C=O) groups is 1. The van der Waals surface area contributed by atoms with Crippen LogP contribution in [0.3, 0.4) is 0 Å². The van der Waals surface area contributed by atoms with E-state index in [0.717, 1.165) is 0 Å². The van der Waals surface area contributed by atoms with Crippen molar-refractivity contribution in [3.05, 3.63) is 0 Å². The third-order valence-corrected chi connectivity index (χ3v) is 2.06. The van der Waals surface area contributed by atoms with Crippen LogP contribution in [0.25, 0.3) is 0 Å². The molecule has 0 radical (unpaired) electrons. The standard InChI is InChI=1S/C17H22O6/c1-3-8-17(18)23-12-7-6-11-21-14-16-22-15-13-20-10-5-4-9-19-2/h9-16H2,1-2H3. The number of hydrogen-bond donors (Lipinski definition) is 0. The van der Waals surface area contributed by atoms with Crippen molar-refractivity contribution in [2.75, 3.05) is 60.0 Å². The van der Waals surface area contributed by atoms with E-state index >= 15 is 0 Å². The number of carbonyl (C=O) groups excluding carboxylic acids is 1. The summed E-state index contributed by atoms with van der Waals surface area (Å²) in [6, 6.07) is 0. The minimum Gasteiger partial charge on any atom is -0.443 e. The second-order valence-electron chi connectivity index (χ2n) is 3.81. The largest absolute Gasteiger partial charge is 0.443 e. The van der Waals surface area contributed by atoms with E-state index in [4.69, 9.17) is 23.7 Å². The van der Waals surface area contributed by atoms with E-state index in [1.807, 2.05) is 0 Å². The van der Waals surface area contributed by atoms with Crippen molar-refractivity contribution >= 4 is 5.97 Å². The summed E-state index contributed by atoms with van der Waals surface area (Å²) in [5, 5.41) is 0. The fraction of sp³-hybridized carbons (Fsp3) is 0.588. The Morgan fingerprint density at radius 2 is 1.30 bits per heavy atom. The van der Waals surface area contributed by atoms with Gasteiger partial charge in [-0.25, -0.2) is 4.79 Å². The molecule has 0 aliphatic carbocycles. The molecule has 0 heterocycles. The van der Waals surface area contributed by atoms with Gasteiger partial charge in [0.2, 0.25) is 0 Å². The fourth-order valence-electron chi connectivity index (χ4n) is 1.10. The quantitative estimate of drug-likeness (QED) is 0.249. The summed E-state index contributed by atoms with van der Waals surface area (Å²) in [5.41, 5.74) is 0. The maximum atomic E-state index is 10.9. The van der Waals surface area contributed by atoms with Crippen LogP contribution in [0.1, 0.15) is 6.92 Å². The molecule has 0 bridgehead atoms. The lowest BCUT2D eigenvalue weighted by Gasteiger charge is -2.03. The first-order valence-corrected chi connectivity index (χ1v) is 7.04. The molecule has 0 amide bonds. The number of rotatable bonds is 10. The topological polar surface area (TPSA) is 63.2 Å². The van der Waals surface area contributed by atoms with E-state index in [9.17, 15) is 4.79 Å². The number of esters is 1. The molecule has 6 heteroatoms. The van der Waals surface area contributed by atoms with Crippen LogP contribution in [-0.4, -0.2) is 65.9 Å². The summed E-state index contributed by atoms with van der Waals surface area (Å²) in [7, 11) is 1.59. The Morgan fingerprint density at radius 3 is 1.87 bits per heavy atom. The number of ether oxygens (including phenoxy) is 5. The summed E-state index contributed by atoms with van der Waals surface area (Å²) in [6.07, 6.45) is 0.